The second-order valence-corrected chi connectivity index (χ2v) is 9.17. The van der Waals surface area contributed by atoms with Crippen LogP contribution in [-0.2, 0) is 25.8 Å². The monoisotopic (exact) mass is 442 g/mol. The zero-order valence-electron chi connectivity index (χ0n) is 20.9. The molecule has 1 aromatic heterocycles. The summed E-state index contributed by atoms with van der Waals surface area (Å²) in [5, 5.41) is 3.55. The summed E-state index contributed by atoms with van der Waals surface area (Å²) in [6.07, 6.45) is 5.60. The molecule has 3 aromatic rings. The van der Waals surface area contributed by atoms with E-state index in [1.54, 1.807) is 0 Å². The molecule has 0 spiro atoms. The van der Waals surface area contributed by atoms with Crippen LogP contribution in [0.4, 0.5) is 5.82 Å². The minimum atomic E-state index is 0.441. The molecule has 1 N–H and O–H groups in total. The number of nitrogens with zero attached hydrogens (tertiary/aromatic N) is 3. The van der Waals surface area contributed by atoms with Crippen molar-refractivity contribution < 1.29 is 0 Å². The molecule has 4 heteroatoms. The number of fused-ring (bicyclic) bond motifs is 1. The van der Waals surface area contributed by atoms with Gasteiger partial charge in [-0.05, 0) is 75.3 Å². The summed E-state index contributed by atoms with van der Waals surface area (Å²) in [7, 11) is 2.25. The van der Waals surface area contributed by atoms with Crippen molar-refractivity contribution in [3.63, 3.8) is 0 Å². The van der Waals surface area contributed by atoms with Gasteiger partial charge in [0.1, 0.15) is 5.82 Å². The smallest absolute Gasteiger partial charge is 0.162 e. The standard InChI is InChI=1S/C29H38N4/c1-6-21-14-11-15-22(7-2)27(21)29-31-20(4)25(28(32-29)30-8-3)19-33(5)26-18-12-16-23-13-9-10-17-24(23)26/h9-11,13-15,17,26H,6-8,12,16,18-19H2,1-5H3,(H,30,31,32)/t26-/m0/s1. The third kappa shape index (κ3) is 4.81. The van der Waals surface area contributed by atoms with Crippen molar-refractivity contribution >= 4 is 5.82 Å². The van der Waals surface area contributed by atoms with E-state index >= 15 is 0 Å². The third-order valence-electron chi connectivity index (χ3n) is 7.06. The number of hydrogen-bond acceptors (Lipinski definition) is 4. The Hall–Kier alpha value is -2.72. The fourth-order valence-corrected chi connectivity index (χ4v) is 5.29. The van der Waals surface area contributed by atoms with Gasteiger partial charge in [0.2, 0.25) is 0 Å². The highest BCUT2D eigenvalue weighted by atomic mass is 15.1. The number of benzene rings is 2. The maximum atomic E-state index is 5.10. The Morgan fingerprint density at radius 1 is 0.970 bits per heavy atom. The summed E-state index contributed by atoms with van der Waals surface area (Å²) >= 11 is 0. The lowest BCUT2D eigenvalue weighted by Gasteiger charge is -2.34. The van der Waals surface area contributed by atoms with Crippen LogP contribution in [0.3, 0.4) is 0 Å². The van der Waals surface area contributed by atoms with E-state index in [0.717, 1.165) is 43.3 Å². The minimum Gasteiger partial charge on any atom is -0.370 e. The van der Waals surface area contributed by atoms with Gasteiger partial charge in [0.25, 0.3) is 0 Å². The molecule has 1 aliphatic rings. The SMILES string of the molecule is CCNc1nc(-c2c(CC)cccc2CC)nc(C)c1CN(C)[C@H]1CCCc2ccccc21. The number of anilines is 1. The molecule has 0 fully saturated rings. The van der Waals surface area contributed by atoms with Crippen LogP contribution < -0.4 is 5.32 Å². The highest BCUT2D eigenvalue weighted by Crippen LogP contribution is 2.36. The first-order valence-electron chi connectivity index (χ1n) is 12.6. The quantitative estimate of drug-likeness (QED) is 0.431. The molecule has 0 saturated carbocycles. The minimum absolute atomic E-state index is 0.441. The van der Waals surface area contributed by atoms with Crippen molar-refractivity contribution in [2.24, 2.45) is 0 Å². The van der Waals surface area contributed by atoms with Crippen LogP contribution in [-0.4, -0.2) is 28.5 Å². The third-order valence-corrected chi connectivity index (χ3v) is 7.06. The Bertz CT molecular complexity index is 1080. The van der Waals surface area contributed by atoms with Gasteiger partial charge in [0, 0.05) is 36.0 Å². The summed E-state index contributed by atoms with van der Waals surface area (Å²) < 4.78 is 0. The molecule has 0 aliphatic heterocycles. The highest BCUT2D eigenvalue weighted by Gasteiger charge is 2.25. The average Bonchev–Trinajstić information content (AvgIpc) is 2.85. The molecule has 4 nitrogen and oxygen atoms in total. The molecule has 0 unspecified atom stereocenters. The van der Waals surface area contributed by atoms with Crippen LogP contribution in [0, 0.1) is 6.92 Å². The fraction of sp³-hybridized carbons (Fsp3) is 0.448. The molecule has 0 amide bonds. The Labute approximate surface area is 199 Å². The van der Waals surface area contributed by atoms with Gasteiger partial charge < -0.3 is 5.32 Å². The second-order valence-electron chi connectivity index (χ2n) is 9.17. The molecule has 0 bridgehead atoms. The van der Waals surface area contributed by atoms with Crippen LogP contribution in [0.1, 0.15) is 73.2 Å². The van der Waals surface area contributed by atoms with E-state index in [0.29, 0.717) is 6.04 Å². The van der Waals surface area contributed by atoms with Crippen LogP contribution in [0.25, 0.3) is 11.4 Å². The lowest BCUT2D eigenvalue weighted by molar-refractivity contribution is 0.213. The molecular weight excluding hydrogens is 404 g/mol. The zero-order valence-corrected chi connectivity index (χ0v) is 20.9. The van der Waals surface area contributed by atoms with Gasteiger partial charge in [-0.2, -0.15) is 0 Å². The molecule has 1 aliphatic carbocycles. The van der Waals surface area contributed by atoms with Gasteiger partial charge in [-0.25, -0.2) is 9.97 Å². The summed E-state index contributed by atoms with van der Waals surface area (Å²) in [6.45, 7) is 10.4. The van der Waals surface area contributed by atoms with Crippen LogP contribution in [0.2, 0.25) is 0 Å². The predicted octanol–water partition coefficient (Wildman–Crippen LogP) is 6.52. The zero-order chi connectivity index (χ0) is 23.4. The molecule has 4 rings (SSSR count). The van der Waals surface area contributed by atoms with E-state index in [1.807, 2.05) is 0 Å². The second kappa shape index (κ2) is 10.5. The summed E-state index contributed by atoms with van der Waals surface area (Å²) in [6, 6.07) is 16.0. The molecule has 33 heavy (non-hydrogen) atoms. The van der Waals surface area contributed by atoms with E-state index in [4.69, 9.17) is 9.97 Å². The first kappa shape index (κ1) is 23.4. The molecular formula is C29H38N4. The molecule has 1 atom stereocenters. The first-order chi connectivity index (χ1) is 16.1. The Kier molecular flexibility index (Phi) is 7.44. The van der Waals surface area contributed by atoms with Crippen molar-refractivity contribution in [3.05, 3.63) is 76.0 Å². The number of hydrogen-bond donors (Lipinski definition) is 1. The van der Waals surface area contributed by atoms with Gasteiger partial charge in [-0.3, -0.25) is 4.90 Å². The van der Waals surface area contributed by atoms with Crippen LogP contribution in [0.15, 0.2) is 42.5 Å². The first-order valence-corrected chi connectivity index (χ1v) is 12.6. The fourth-order valence-electron chi connectivity index (χ4n) is 5.29. The normalized spacial score (nSPS) is 15.5. The van der Waals surface area contributed by atoms with Gasteiger partial charge in [0.05, 0.1) is 0 Å². The summed E-state index contributed by atoms with van der Waals surface area (Å²) in [5.74, 6) is 1.83. The van der Waals surface area contributed by atoms with Crippen molar-refractivity contribution in [3.8, 4) is 11.4 Å². The maximum absolute atomic E-state index is 5.10. The van der Waals surface area contributed by atoms with Crippen LogP contribution in [0.5, 0.6) is 0 Å². The van der Waals surface area contributed by atoms with Gasteiger partial charge in [-0.15, -0.1) is 0 Å². The summed E-state index contributed by atoms with van der Waals surface area (Å²) in [5.41, 5.74) is 9.11. The Morgan fingerprint density at radius 2 is 1.70 bits per heavy atom. The largest absolute Gasteiger partial charge is 0.370 e. The number of aryl methyl sites for hydroxylation is 4. The lowest BCUT2D eigenvalue weighted by Crippen LogP contribution is -2.28. The summed E-state index contributed by atoms with van der Waals surface area (Å²) in [4.78, 5) is 12.7. The maximum Gasteiger partial charge on any atom is 0.162 e. The van der Waals surface area contributed by atoms with Gasteiger partial charge in [0.15, 0.2) is 5.82 Å². The van der Waals surface area contributed by atoms with Crippen molar-refractivity contribution in [2.75, 3.05) is 18.9 Å². The lowest BCUT2D eigenvalue weighted by atomic mass is 9.87. The van der Waals surface area contributed by atoms with Crippen molar-refractivity contribution in [1.82, 2.24) is 14.9 Å². The van der Waals surface area contributed by atoms with E-state index in [9.17, 15) is 0 Å². The number of aromatic nitrogens is 2. The molecule has 2 aromatic carbocycles. The predicted molar refractivity (Wildman–Crippen MR) is 139 cm³/mol. The van der Waals surface area contributed by atoms with Gasteiger partial charge in [-0.1, -0.05) is 56.3 Å². The molecule has 174 valence electrons. The van der Waals surface area contributed by atoms with E-state index < -0.39 is 0 Å². The van der Waals surface area contributed by atoms with Gasteiger partial charge >= 0.3 is 0 Å². The molecule has 1 heterocycles. The van der Waals surface area contributed by atoms with E-state index in [2.05, 4.69) is 87.4 Å². The van der Waals surface area contributed by atoms with Crippen molar-refractivity contribution in [1.29, 1.82) is 0 Å². The van der Waals surface area contributed by atoms with E-state index in [1.165, 1.54) is 52.6 Å². The van der Waals surface area contributed by atoms with Crippen LogP contribution >= 0.6 is 0 Å². The van der Waals surface area contributed by atoms with E-state index in [-0.39, 0.29) is 0 Å². The van der Waals surface area contributed by atoms with Crippen molar-refractivity contribution in [2.45, 2.75) is 72.4 Å². The highest BCUT2D eigenvalue weighted by molar-refractivity contribution is 5.67. The number of nitrogens with one attached hydrogen (secondary N) is 1. The molecule has 0 saturated heterocycles. The average molecular weight is 443 g/mol. The topological polar surface area (TPSA) is 41.1 Å². The molecule has 0 radical (unpaired) electrons. The number of rotatable bonds is 8. The Balaban J connectivity index is 1.71. The Morgan fingerprint density at radius 3 is 2.39 bits per heavy atom.